The molecule has 2 heteroatoms. The largest absolute Gasteiger partial charge is 0.326 e. The monoisotopic (exact) mass is 268 g/mol. The van der Waals surface area contributed by atoms with E-state index in [2.05, 4.69) is 21.0 Å². The van der Waals surface area contributed by atoms with Gasteiger partial charge in [-0.3, -0.25) is 0 Å². The minimum atomic E-state index is 0.914. The average molecular weight is 268 g/mol. The summed E-state index contributed by atoms with van der Waals surface area (Å²) in [4.78, 5) is 0. The van der Waals surface area contributed by atoms with Crippen molar-refractivity contribution in [2.75, 3.05) is 46.8 Å². The molecule has 0 aliphatic carbocycles. The van der Waals surface area contributed by atoms with E-state index < -0.39 is 0 Å². The SMILES string of the molecule is CCC(CC[N+]1(C)CCCCC1)[N+]1(C)CCCCC1. The predicted octanol–water partition coefficient (Wildman–Crippen LogP) is 3.42. The minimum Gasteiger partial charge on any atom is -0.326 e. The lowest BCUT2D eigenvalue weighted by atomic mass is 9.99. The van der Waals surface area contributed by atoms with Gasteiger partial charge in [0.15, 0.2) is 0 Å². The Balaban J connectivity index is 1.87. The lowest BCUT2D eigenvalue weighted by molar-refractivity contribution is -0.949. The van der Waals surface area contributed by atoms with Crippen molar-refractivity contribution in [2.24, 2.45) is 0 Å². The summed E-state index contributed by atoms with van der Waals surface area (Å²) < 4.78 is 2.73. The van der Waals surface area contributed by atoms with Crippen LogP contribution in [0.4, 0.5) is 0 Å². The topological polar surface area (TPSA) is 0 Å². The van der Waals surface area contributed by atoms with E-state index in [0.717, 1.165) is 6.04 Å². The maximum absolute atomic E-state index is 2.53. The fraction of sp³-hybridized carbons (Fsp3) is 1.00. The molecule has 112 valence electrons. The van der Waals surface area contributed by atoms with Crippen LogP contribution in [0.25, 0.3) is 0 Å². The zero-order chi connectivity index (χ0) is 13.8. The van der Waals surface area contributed by atoms with E-state index in [9.17, 15) is 0 Å². The predicted molar refractivity (Wildman–Crippen MR) is 83.1 cm³/mol. The van der Waals surface area contributed by atoms with Crippen molar-refractivity contribution in [1.82, 2.24) is 0 Å². The quantitative estimate of drug-likeness (QED) is 0.670. The summed E-state index contributed by atoms with van der Waals surface area (Å²) in [6.07, 6.45) is 11.6. The van der Waals surface area contributed by atoms with E-state index in [1.54, 1.807) is 0 Å². The molecule has 0 bridgehead atoms. The fourth-order valence-corrected chi connectivity index (χ4v) is 4.52. The molecular formula is C17H36N2+2. The smallest absolute Gasteiger partial charge is 0.0939 e. The molecule has 2 aliphatic rings. The van der Waals surface area contributed by atoms with Gasteiger partial charge in [0.25, 0.3) is 0 Å². The molecule has 0 aromatic heterocycles. The Morgan fingerprint density at radius 2 is 1.32 bits per heavy atom. The highest BCUT2D eigenvalue weighted by atomic mass is 15.4. The number of rotatable bonds is 5. The van der Waals surface area contributed by atoms with Crippen LogP contribution >= 0.6 is 0 Å². The van der Waals surface area contributed by atoms with Gasteiger partial charge in [0.05, 0.1) is 52.9 Å². The average Bonchev–Trinajstić information content (AvgIpc) is 2.40. The van der Waals surface area contributed by atoms with Crippen LogP contribution in [-0.2, 0) is 0 Å². The molecule has 0 radical (unpaired) electrons. The van der Waals surface area contributed by atoms with E-state index in [0.29, 0.717) is 0 Å². The van der Waals surface area contributed by atoms with Gasteiger partial charge >= 0.3 is 0 Å². The van der Waals surface area contributed by atoms with E-state index in [1.165, 1.54) is 93.1 Å². The van der Waals surface area contributed by atoms with Crippen LogP contribution in [0.3, 0.4) is 0 Å². The first-order valence-electron chi connectivity index (χ1n) is 8.76. The Hall–Kier alpha value is -0.0800. The molecule has 1 atom stereocenters. The van der Waals surface area contributed by atoms with Gasteiger partial charge < -0.3 is 8.97 Å². The molecule has 0 aromatic rings. The van der Waals surface area contributed by atoms with Gasteiger partial charge in [-0.25, -0.2) is 0 Å². The maximum Gasteiger partial charge on any atom is 0.0939 e. The second-order valence-electron chi connectivity index (χ2n) is 7.69. The summed E-state index contributed by atoms with van der Waals surface area (Å²) in [5.41, 5.74) is 0. The van der Waals surface area contributed by atoms with Gasteiger partial charge in [-0.2, -0.15) is 0 Å². The summed E-state index contributed by atoms with van der Waals surface area (Å²) in [5.74, 6) is 0. The number of likely N-dealkylation sites (tertiary alicyclic amines) is 2. The van der Waals surface area contributed by atoms with E-state index >= 15 is 0 Å². The second-order valence-corrected chi connectivity index (χ2v) is 7.69. The number of hydrogen-bond donors (Lipinski definition) is 0. The lowest BCUT2D eigenvalue weighted by Crippen LogP contribution is -2.57. The van der Waals surface area contributed by atoms with E-state index in [4.69, 9.17) is 0 Å². The molecule has 19 heavy (non-hydrogen) atoms. The van der Waals surface area contributed by atoms with Crippen LogP contribution in [-0.4, -0.2) is 61.8 Å². The Kier molecular flexibility index (Phi) is 5.30. The third-order valence-corrected chi connectivity index (χ3v) is 6.09. The summed E-state index contributed by atoms with van der Waals surface area (Å²) in [6.45, 7) is 9.57. The third kappa shape index (κ3) is 3.95. The first-order valence-corrected chi connectivity index (χ1v) is 8.76. The third-order valence-electron chi connectivity index (χ3n) is 6.09. The van der Waals surface area contributed by atoms with Gasteiger partial charge in [-0.1, -0.05) is 6.92 Å². The summed E-state index contributed by atoms with van der Waals surface area (Å²) in [7, 11) is 5.03. The molecule has 2 saturated heterocycles. The zero-order valence-corrected chi connectivity index (χ0v) is 13.7. The molecule has 2 fully saturated rings. The summed E-state index contributed by atoms with van der Waals surface area (Å²) in [5, 5.41) is 0. The zero-order valence-electron chi connectivity index (χ0n) is 13.7. The van der Waals surface area contributed by atoms with Gasteiger partial charge in [0, 0.05) is 6.42 Å². The van der Waals surface area contributed by atoms with Gasteiger partial charge in [-0.15, -0.1) is 0 Å². The standard InChI is InChI=1S/C17H36N2/c1-4-17(19(3)14-9-6-10-15-19)11-16-18(2)12-7-5-8-13-18/h17H,4-16H2,1-3H3/q+2. The molecule has 0 spiro atoms. The van der Waals surface area contributed by atoms with Crippen molar-refractivity contribution in [3.63, 3.8) is 0 Å². The molecule has 0 saturated carbocycles. The highest BCUT2D eigenvalue weighted by molar-refractivity contribution is 4.63. The van der Waals surface area contributed by atoms with Crippen molar-refractivity contribution in [3.05, 3.63) is 0 Å². The summed E-state index contributed by atoms with van der Waals surface area (Å²) in [6, 6.07) is 0.914. The van der Waals surface area contributed by atoms with Crippen LogP contribution in [0.5, 0.6) is 0 Å². The van der Waals surface area contributed by atoms with Crippen molar-refractivity contribution < 1.29 is 8.97 Å². The summed E-state index contributed by atoms with van der Waals surface area (Å²) >= 11 is 0. The molecule has 0 aromatic carbocycles. The van der Waals surface area contributed by atoms with Crippen LogP contribution < -0.4 is 0 Å². The van der Waals surface area contributed by atoms with Gasteiger partial charge in [0.1, 0.15) is 0 Å². The molecule has 0 amide bonds. The first kappa shape index (κ1) is 15.3. The Bertz CT molecular complexity index is 262. The Morgan fingerprint density at radius 3 is 1.84 bits per heavy atom. The number of hydrogen-bond acceptors (Lipinski definition) is 0. The number of nitrogens with zero attached hydrogens (tertiary/aromatic N) is 2. The van der Waals surface area contributed by atoms with Crippen molar-refractivity contribution >= 4 is 0 Å². The van der Waals surface area contributed by atoms with Gasteiger partial charge in [0.2, 0.25) is 0 Å². The van der Waals surface area contributed by atoms with Crippen LogP contribution in [0, 0.1) is 0 Å². The number of piperidine rings is 2. The van der Waals surface area contributed by atoms with E-state index in [-0.39, 0.29) is 0 Å². The Morgan fingerprint density at radius 1 is 0.789 bits per heavy atom. The van der Waals surface area contributed by atoms with Crippen molar-refractivity contribution in [3.8, 4) is 0 Å². The normalized spacial score (nSPS) is 27.9. The molecular weight excluding hydrogens is 232 g/mol. The molecule has 2 rings (SSSR count). The highest BCUT2D eigenvalue weighted by Crippen LogP contribution is 2.26. The molecule has 2 heterocycles. The minimum absolute atomic E-state index is 0.914. The Labute approximate surface area is 121 Å². The highest BCUT2D eigenvalue weighted by Gasteiger charge is 2.35. The van der Waals surface area contributed by atoms with Crippen LogP contribution in [0.1, 0.15) is 58.3 Å². The van der Waals surface area contributed by atoms with Crippen LogP contribution in [0.2, 0.25) is 0 Å². The number of quaternary nitrogens is 2. The molecule has 0 N–H and O–H groups in total. The molecule has 2 nitrogen and oxygen atoms in total. The molecule has 1 unspecified atom stereocenters. The second kappa shape index (κ2) is 6.58. The first-order chi connectivity index (χ1) is 9.08. The molecule has 2 aliphatic heterocycles. The van der Waals surface area contributed by atoms with Crippen molar-refractivity contribution in [1.29, 1.82) is 0 Å². The maximum atomic E-state index is 2.53. The lowest BCUT2D eigenvalue weighted by Gasteiger charge is -2.46. The van der Waals surface area contributed by atoms with E-state index in [1.807, 2.05) is 0 Å². The van der Waals surface area contributed by atoms with Gasteiger partial charge in [-0.05, 0) is 44.9 Å². The fourth-order valence-electron chi connectivity index (χ4n) is 4.52. The van der Waals surface area contributed by atoms with Crippen molar-refractivity contribution in [2.45, 2.75) is 64.3 Å². The van der Waals surface area contributed by atoms with Crippen LogP contribution in [0.15, 0.2) is 0 Å².